The molecule has 3 rings (SSSR count). The third-order valence-electron chi connectivity index (χ3n) is 3.89. The third-order valence-corrected chi connectivity index (χ3v) is 3.89. The van der Waals surface area contributed by atoms with Crippen molar-refractivity contribution in [2.45, 2.75) is 6.54 Å². The number of carbonyl (C=O) groups is 2. The summed E-state index contributed by atoms with van der Waals surface area (Å²) in [5.74, 6) is -0.845. The van der Waals surface area contributed by atoms with Crippen molar-refractivity contribution >= 4 is 11.9 Å². The Morgan fingerprint density at radius 1 is 0.731 bits per heavy atom. The van der Waals surface area contributed by atoms with E-state index < -0.39 is 5.97 Å². The highest BCUT2D eigenvalue weighted by atomic mass is 16.5. The van der Waals surface area contributed by atoms with Gasteiger partial charge in [-0.1, -0.05) is 72.8 Å². The summed E-state index contributed by atoms with van der Waals surface area (Å²) in [5.41, 5.74) is 3.50. The number of carbonyl (C=O) groups excluding carboxylic acids is 2. The van der Waals surface area contributed by atoms with E-state index in [2.05, 4.69) is 5.32 Å². The molecular weight excluding hydrogens is 326 g/mol. The first kappa shape index (κ1) is 17.4. The number of esters is 1. The molecular formula is C22H19NO3. The Balaban J connectivity index is 1.49. The predicted octanol–water partition coefficient (Wildman–Crippen LogP) is 3.83. The molecule has 1 amide bonds. The Morgan fingerprint density at radius 3 is 1.96 bits per heavy atom. The lowest BCUT2D eigenvalue weighted by atomic mass is 10.0. The van der Waals surface area contributed by atoms with Gasteiger partial charge in [-0.3, -0.25) is 4.79 Å². The maximum Gasteiger partial charge on any atom is 0.338 e. The second kappa shape index (κ2) is 8.62. The molecule has 4 nitrogen and oxygen atoms in total. The van der Waals surface area contributed by atoms with E-state index in [1.165, 1.54) is 0 Å². The van der Waals surface area contributed by atoms with Gasteiger partial charge in [-0.2, -0.15) is 0 Å². The highest BCUT2D eigenvalue weighted by Crippen LogP contribution is 2.19. The first-order chi connectivity index (χ1) is 12.7. The number of hydrogen-bond donors (Lipinski definition) is 1. The van der Waals surface area contributed by atoms with Crippen LogP contribution in [0.15, 0.2) is 84.9 Å². The van der Waals surface area contributed by atoms with E-state index in [0.717, 1.165) is 16.7 Å². The molecule has 4 heteroatoms. The lowest BCUT2D eigenvalue weighted by Crippen LogP contribution is -2.28. The Hall–Kier alpha value is -3.40. The molecule has 0 atom stereocenters. The van der Waals surface area contributed by atoms with Gasteiger partial charge in [0.05, 0.1) is 5.56 Å². The average molecular weight is 345 g/mol. The Labute approximate surface area is 152 Å². The molecule has 0 radical (unpaired) electrons. The molecule has 0 aliphatic carbocycles. The fraction of sp³-hybridized carbons (Fsp3) is 0.0909. The second-order valence-electron chi connectivity index (χ2n) is 5.78. The summed E-state index contributed by atoms with van der Waals surface area (Å²) in [6.45, 7) is 0.106. The van der Waals surface area contributed by atoms with Gasteiger partial charge in [-0.15, -0.1) is 0 Å². The quantitative estimate of drug-likeness (QED) is 0.691. The summed E-state index contributed by atoms with van der Waals surface area (Å²) in [5, 5.41) is 2.72. The topological polar surface area (TPSA) is 55.4 Å². The summed E-state index contributed by atoms with van der Waals surface area (Å²) in [6, 6.07) is 26.6. The van der Waals surface area contributed by atoms with Gasteiger partial charge in [0.1, 0.15) is 0 Å². The van der Waals surface area contributed by atoms with Crippen LogP contribution in [0.3, 0.4) is 0 Å². The minimum atomic E-state index is -0.514. The monoisotopic (exact) mass is 345 g/mol. The van der Waals surface area contributed by atoms with E-state index in [0.29, 0.717) is 12.1 Å². The van der Waals surface area contributed by atoms with Crippen molar-refractivity contribution in [2.75, 3.05) is 6.61 Å². The van der Waals surface area contributed by atoms with Crippen molar-refractivity contribution in [3.05, 3.63) is 96.1 Å². The van der Waals surface area contributed by atoms with Crippen molar-refractivity contribution in [2.24, 2.45) is 0 Å². The van der Waals surface area contributed by atoms with Crippen LogP contribution in [-0.4, -0.2) is 18.5 Å². The Morgan fingerprint density at radius 2 is 1.31 bits per heavy atom. The van der Waals surface area contributed by atoms with Crippen LogP contribution in [0, 0.1) is 0 Å². The molecule has 0 spiro atoms. The molecule has 0 saturated carbocycles. The zero-order chi connectivity index (χ0) is 18.2. The third kappa shape index (κ3) is 4.80. The first-order valence-electron chi connectivity index (χ1n) is 8.35. The number of nitrogens with one attached hydrogen (secondary N) is 1. The van der Waals surface area contributed by atoms with E-state index in [1.54, 1.807) is 12.1 Å². The van der Waals surface area contributed by atoms with E-state index in [1.807, 2.05) is 72.8 Å². The second-order valence-corrected chi connectivity index (χ2v) is 5.78. The lowest BCUT2D eigenvalue weighted by Gasteiger charge is -2.07. The molecule has 0 unspecified atom stereocenters. The minimum Gasteiger partial charge on any atom is -0.452 e. The summed E-state index contributed by atoms with van der Waals surface area (Å²) in [4.78, 5) is 23.9. The highest BCUT2D eigenvalue weighted by molar-refractivity contribution is 5.91. The maximum atomic E-state index is 12.1. The summed E-state index contributed by atoms with van der Waals surface area (Å²) < 4.78 is 5.07. The number of hydrogen-bond acceptors (Lipinski definition) is 3. The van der Waals surface area contributed by atoms with Crippen LogP contribution >= 0.6 is 0 Å². The summed E-state index contributed by atoms with van der Waals surface area (Å²) in [6.07, 6.45) is 0. The van der Waals surface area contributed by atoms with Gasteiger partial charge in [0.25, 0.3) is 5.91 Å². The van der Waals surface area contributed by atoms with Crippen LogP contribution in [0.4, 0.5) is 0 Å². The van der Waals surface area contributed by atoms with Gasteiger partial charge in [-0.05, 0) is 28.8 Å². The number of ether oxygens (including phenoxy) is 1. The Bertz CT molecular complexity index is 859. The Kier molecular flexibility index (Phi) is 5.78. The average Bonchev–Trinajstić information content (AvgIpc) is 2.72. The fourth-order valence-corrected chi connectivity index (χ4v) is 2.49. The molecule has 26 heavy (non-hydrogen) atoms. The van der Waals surface area contributed by atoms with Gasteiger partial charge in [0.15, 0.2) is 6.61 Å². The zero-order valence-electron chi connectivity index (χ0n) is 14.2. The van der Waals surface area contributed by atoms with Crippen molar-refractivity contribution in [3.8, 4) is 11.1 Å². The molecule has 130 valence electrons. The summed E-state index contributed by atoms with van der Waals surface area (Å²) >= 11 is 0. The van der Waals surface area contributed by atoms with Gasteiger partial charge < -0.3 is 10.1 Å². The fourth-order valence-electron chi connectivity index (χ4n) is 2.49. The van der Waals surface area contributed by atoms with Gasteiger partial charge in [-0.25, -0.2) is 4.79 Å². The van der Waals surface area contributed by atoms with Gasteiger partial charge >= 0.3 is 5.97 Å². The highest BCUT2D eigenvalue weighted by Gasteiger charge is 2.10. The van der Waals surface area contributed by atoms with Crippen molar-refractivity contribution < 1.29 is 14.3 Å². The molecule has 0 fully saturated rings. The molecule has 0 heterocycles. The number of rotatable bonds is 6. The van der Waals surface area contributed by atoms with Crippen LogP contribution in [-0.2, 0) is 16.1 Å². The molecule has 0 bridgehead atoms. The van der Waals surface area contributed by atoms with E-state index in [4.69, 9.17) is 4.74 Å². The lowest BCUT2D eigenvalue weighted by molar-refractivity contribution is -0.124. The van der Waals surface area contributed by atoms with Crippen molar-refractivity contribution in [1.29, 1.82) is 0 Å². The van der Waals surface area contributed by atoms with Crippen LogP contribution in [0.25, 0.3) is 11.1 Å². The number of benzene rings is 3. The molecule has 0 aliphatic heterocycles. The largest absolute Gasteiger partial charge is 0.452 e. The predicted molar refractivity (Wildman–Crippen MR) is 100 cm³/mol. The molecule has 0 aliphatic rings. The molecule has 3 aromatic rings. The number of amides is 1. The van der Waals surface area contributed by atoms with E-state index in [9.17, 15) is 9.59 Å². The maximum absolute atomic E-state index is 12.1. The molecule has 3 aromatic carbocycles. The van der Waals surface area contributed by atoms with Crippen LogP contribution in [0.2, 0.25) is 0 Å². The van der Waals surface area contributed by atoms with Crippen LogP contribution in [0.5, 0.6) is 0 Å². The molecule has 0 aromatic heterocycles. The zero-order valence-corrected chi connectivity index (χ0v) is 14.2. The SMILES string of the molecule is O=C(COC(=O)c1ccc(-c2ccccc2)cc1)NCc1ccccc1. The standard InChI is InChI=1S/C22H19NO3/c24-21(23-15-17-7-3-1-4-8-17)16-26-22(25)20-13-11-19(12-14-20)18-9-5-2-6-10-18/h1-14H,15-16H2,(H,23,24). The summed E-state index contributed by atoms with van der Waals surface area (Å²) in [7, 11) is 0. The molecule has 0 saturated heterocycles. The van der Waals surface area contributed by atoms with Crippen molar-refractivity contribution in [1.82, 2.24) is 5.32 Å². The van der Waals surface area contributed by atoms with Gasteiger partial charge in [0.2, 0.25) is 0 Å². The van der Waals surface area contributed by atoms with Crippen molar-refractivity contribution in [3.63, 3.8) is 0 Å². The normalized spacial score (nSPS) is 10.2. The van der Waals surface area contributed by atoms with Crippen LogP contribution in [0.1, 0.15) is 15.9 Å². The van der Waals surface area contributed by atoms with Gasteiger partial charge in [0, 0.05) is 6.54 Å². The molecule has 1 N–H and O–H groups in total. The smallest absolute Gasteiger partial charge is 0.338 e. The van der Waals surface area contributed by atoms with E-state index >= 15 is 0 Å². The van der Waals surface area contributed by atoms with Crippen LogP contribution < -0.4 is 5.32 Å². The van der Waals surface area contributed by atoms with E-state index in [-0.39, 0.29) is 12.5 Å². The first-order valence-corrected chi connectivity index (χ1v) is 8.35. The minimum absolute atomic E-state index is 0.300.